The highest BCUT2D eigenvalue weighted by atomic mass is 16.7. The second kappa shape index (κ2) is 10.4. The standard InChI is InChI=1S/C41H52O10/c1-18-14-44-38(5)28(18)10-24-32(42)22(34-26(36(24)50-38)12-30-20(3)16-46-40(30,7)48-34)9-23-33(43)25-11-29-19(2)15-45-39(29,6)51-37(25)27-13-31-21(4)17-47-41(31,8)49-35(23)27/h18-21,28-31,42-43H,9-17H2,1-8H3/t18-,19-,20-,21-,28?,29?,30?,31?,38+,39+,40+,41+/m0/s1. The number of phenols is 2. The van der Waals surface area contributed by atoms with Crippen LogP contribution in [0.4, 0.5) is 0 Å². The molecule has 4 unspecified atom stereocenters. The third-order valence-corrected chi connectivity index (χ3v) is 14.6. The minimum absolute atomic E-state index is 0.0824. The molecule has 0 bridgehead atoms. The lowest BCUT2D eigenvalue weighted by atomic mass is 9.75. The number of phenolic OH excluding ortho intramolecular Hbond substituents is 2. The molecule has 2 N–H and O–H groups in total. The van der Waals surface area contributed by atoms with Gasteiger partial charge in [0, 0.05) is 91.2 Å². The summed E-state index contributed by atoms with van der Waals surface area (Å²) in [5.41, 5.74) is 4.65. The van der Waals surface area contributed by atoms with Crippen LogP contribution < -0.4 is 18.9 Å². The first kappa shape index (κ1) is 32.7. The van der Waals surface area contributed by atoms with Gasteiger partial charge in [0.2, 0.25) is 23.1 Å². The molecule has 0 spiro atoms. The molecule has 51 heavy (non-hydrogen) atoms. The number of aromatic hydroxyl groups is 2. The van der Waals surface area contributed by atoms with Gasteiger partial charge in [0.15, 0.2) is 0 Å². The molecule has 0 amide bonds. The number of rotatable bonds is 2. The maximum atomic E-state index is 12.4. The molecule has 2 aromatic rings. The highest BCUT2D eigenvalue weighted by molar-refractivity contribution is 5.70. The normalized spacial score (nSPS) is 43.9. The summed E-state index contributed by atoms with van der Waals surface area (Å²) in [6.07, 6.45) is 2.78. The van der Waals surface area contributed by atoms with Gasteiger partial charge >= 0.3 is 0 Å². The van der Waals surface area contributed by atoms with Crippen LogP contribution in [0.1, 0.15) is 88.8 Å². The minimum atomic E-state index is -0.861. The molecule has 10 nitrogen and oxygen atoms in total. The van der Waals surface area contributed by atoms with Crippen LogP contribution in [0.5, 0.6) is 34.5 Å². The summed E-state index contributed by atoms with van der Waals surface area (Å²) < 4.78 is 52.7. The van der Waals surface area contributed by atoms with Crippen molar-refractivity contribution in [3.8, 4) is 34.5 Å². The second-order valence-corrected chi connectivity index (χ2v) is 17.9. The van der Waals surface area contributed by atoms with Gasteiger partial charge in [-0.3, -0.25) is 0 Å². The van der Waals surface area contributed by atoms with Gasteiger partial charge in [-0.2, -0.15) is 0 Å². The predicted molar refractivity (Wildman–Crippen MR) is 184 cm³/mol. The Morgan fingerprint density at radius 3 is 1.04 bits per heavy atom. The fourth-order valence-electron chi connectivity index (χ4n) is 11.3. The number of hydrogen-bond acceptors (Lipinski definition) is 10. The molecule has 10 heteroatoms. The Morgan fingerprint density at radius 2 is 0.725 bits per heavy atom. The molecule has 10 rings (SSSR count). The number of hydrogen-bond donors (Lipinski definition) is 2. The van der Waals surface area contributed by atoms with Crippen molar-refractivity contribution >= 4 is 0 Å². The zero-order chi connectivity index (χ0) is 35.6. The summed E-state index contributed by atoms with van der Waals surface area (Å²) in [5, 5.41) is 24.9. The molecule has 276 valence electrons. The molecule has 0 radical (unpaired) electrons. The lowest BCUT2D eigenvalue weighted by Gasteiger charge is -2.44. The average Bonchev–Trinajstić information content (AvgIpc) is 3.76. The lowest BCUT2D eigenvalue weighted by Crippen LogP contribution is -2.47. The Morgan fingerprint density at radius 1 is 0.451 bits per heavy atom. The molecular formula is C41H52O10. The average molecular weight is 705 g/mol. The van der Waals surface area contributed by atoms with Crippen molar-refractivity contribution in [1.82, 2.24) is 0 Å². The van der Waals surface area contributed by atoms with E-state index in [1.165, 1.54) is 0 Å². The monoisotopic (exact) mass is 704 g/mol. The van der Waals surface area contributed by atoms with E-state index in [0.29, 0.717) is 86.2 Å². The van der Waals surface area contributed by atoms with E-state index < -0.39 is 23.1 Å². The van der Waals surface area contributed by atoms with Gasteiger partial charge in [0.25, 0.3) is 0 Å². The zero-order valence-electron chi connectivity index (χ0n) is 31.1. The van der Waals surface area contributed by atoms with Crippen molar-refractivity contribution in [1.29, 1.82) is 0 Å². The molecule has 12 atom stereocenters. The molecule has 0 aliphatic carbocycles. The van der Waals surface area contributed by atoms with E-state index >= 15 is 0 Å². The van der Waals surface area contributed by atoms with E-state index in [9.17, 15) is 10.2 Å². The Hall–Kier alpha value is -2.92. The molecular weight excluding hydrogens is 652 g/mol. The first-order valence-electron chi connectivity index (χ1n) is 19.2. The molecule has 4 saturated heterocycles. The Labute approximate surface area is 300 Å². The summed E-state index contributed by atoms with van der Waals surface area (Å²) in [7, 11) is 0. The van der Waals surface area contributed by atoms with Crippen molar-refractivity contribution in [3.05, 3.63) is 33.4 Å². The summed E-state index contributed by atoms with van der Waals surface area (Å²) in [5.74, 6) is 0.927. The van der Waals surface area contributed by atoms with Crippen molar-refractivity contribution < 1.29 is 48.1 Å². The van der Waals surface area contributed by atoms with E-state index in [0.717, 1.165) is 22.3 Å². The molecule has 4 fully saturated rings. The van der Waals surface area contributed by atoms with Crippen molar-refractivity contribution in [2.24, 2.45) is 47.3 Å². The van der Waals surface area contributed by atoms with Gasteiger partial charge < -0.3 is 48.1 Å². The quantitative estimate of drug-likeness (QED) is 0.363. The summed E-state index contributed by atoms with van der Waals surface area (Å²) in [6, 6.07) is 0. The lowest BCUT2D eigenvalue weighted by molar-refractivity contribution is -0.174. The fraction of sp³-hybridized carbons (Fsp3) is 0.707. The minimum Gasteiger partial charge on any atom is -0.507 e. The maximum absolute atomic E-state index is 12.4. The zero-order valence-corrected chi connectivity index (χ0v) is 31.1. The highest BCUT2D eigenvalue weighted by Crippen LogP contribution is 2.61. The van der Waals surface area contributed by atoms with Crippen LogP contribution >= 0.6 is 0 Å². The Bertz CT molecular complexity index is 1730. The molecule has 0 saturated carbocycles. The second-order valence-electron chi connectivity index (χ2n) is 17.9. The molecule has 2 aromatic carbocycles. The molecule has 0 aromatic heterocycles. The van der Waals surface area contributed by atoms with Gasteiger partial charge in [-0.05, 0) is 49.4 Å². The molecule has 8 heterocycles. The van der Waals surface area contributed by atoms with Crippen LogP contribution in [0.2, 0.25) is 0 Å². The topological polar surface area (TPSA) is 114 Å². The van der Waals surface area contributed by atoms with Crippen molar-refractivity contribution in [2.45, 2.75) is 111 Å². The Kier molecular flexibility index (Phi) is 6.66. The third kappa shape index (κ3) is 4.30. The van der Waals surface area contributed by atoms with Gasteiger partial charge in [0.1, 0.15) is 34.5 Å². The maximum Gasteiger partial charge on any atom is 0.211 e. The van der Waals surface area contributed by atoms with E-state index in [4.69, 9.17) is 37.9 Å². The van der Waals surface area contributed by atoms with Gasteiger partial charge in [0.05, 0.1) is 26.4 Å². The van der Waals surface area contributed by atoms with Crippen molar-refractivity contribution in [2.75, 3.05) is 26.4 Å². The summed E-state index contributed by atoms with van der Waals surface area (Å²) in [4.78, 5) is 0. The van der Waals surface area contributed by atoms with Gasteiger partial charge in [-0.15, -0.1) is 0 Å². The van der Waals surface area contributed by atoms with Crippen LogP contribution in [0.15, 0.2) is 0 Å². The van der Waals surface area contributed by atoms with Gasteiger partial charge in [-0.25, -0.2) is 0 Å². The van der Waals surface area contributed by atoms with Gasteiger partial charge in [-0.1, -0.05) is 27.7 Å². The highest BCUT2D eigenvalue weighted by Gasteiger charge is 2.58. The van der Waals surface area contributed by atoms with Crippen LogP contribution in [-0.2, 0) is 51.1 Å². The molecule has 8 aliphatic heterocycles. The van der Waals surface area contributed by atoms with Crippen LogP contribution in [0.3, 0.4) is 0 Å². The van der Waals surface area contributed by atoms with Crippen molar-refractivity contribution in [3.63, 3.8) is 0 Å². The molecule has 8 aliphatic rings. The first-order valence-corrected chi connectivity index (χ1v) is 19.2. The number of ether oxygens (including phenoxy) is 8. The summed E-state index contributed by atoms with van der Waals surface area (Å²) >= 11 is 0. The first-order chi connectivity index (χ1) is 24.1. The number of fused-ring (bicyclic) bond motifs is 10. The fourth-order valence-corrected chi connectivity index (χ4v) is 11.3. The summed E-state index contributed by atoms with van der Waals surface area (Å²) in [6.45, 7) is 19.2. The predicted octanol–water partition coefficient (Wildman–Crippen LogP) is 6.42. The smallest absolute Gasteiger partial charge is 0.211 e. The van der Waals surface area contributed by atoms with E-state index in [2.05, 4.69) is 27.7 Å². The largest absolute Gasteiger partial charge is 0.507 e. The SMILES string of the molecule is C[C@H]1CO[C@]2(C)Oc3c(c(O)c(Cc4c(O)c5c(c6c4O[C@@]4(C)OC[C@H](C)C4C6)O[C@@]4(C)OC[C@H](C)C4C5)c4c3CC3[C@@H](C)CO[C@]3(C)O4)CC12. The van der Waals surface area contributed by atoms with Crippen LogP contribution in [0, 0.1) is 47.3 Å². The number of benzene rings is 2. The van der Waals surface area contributed by atoms with E-state index in [1.54, 1.807) is 0 Å². The van der Waals surface area contributed by atoms with Crippen LogP contribution in [0.25, 0.3) is 0 Å². The Balaban J connectivity index is 1.17. The van der Waals surface area contributed by atoms with E-state index in [1.807, 2.05) is 27.7 Å². The third-order valence-electron chi connectivity index (χ3n) is 14.6. The van der Waals surface area contributed by atoms with Crippen LogP contribution in [-0.4, -0.2) is 59.8 Å². The van der Waals surface area contributed by atoms with E-state index in [-0.39, 0.29) is 65.3 Å².